The summed E-state index contributed by atoms with van der Waals surface area (Å²) in [4.78, 5) is 0. The van der Waals surface area contributed by atoms with Gasteiger partial charge in [-0.2, -0.15) is 11.3 Å². The van der Waals surface area contributed by atoms with Crippen LogP contribution in [0.5, 0.6) is 0 Å². The van der Waals surface area contributed by atoms with Gasteiger partial charge in [-0.15, -0.1) is 46.4 Å². The Bertz CT molecular complexity index is 238. The van der Waals surface area contributed by atoms with Gasteiger partial charge in [0.1, 0.15) is 19.0 Å². The second-order valence-electron chi connectivity index (χ2n) is 2.56. The second kappa shape index (κ2) is 6.00. The van der Waals surface area contributed by atoms with Crippen molar-refractivity contribution in [3.05, 3.63) is 12.1 Å². The number of hydrogen-bond acceptors (Lipinski definition) is 1. The molecule has 0 atom stereocenters. The molecule has 0 fully saturated rings. The van der Waals surface area contributed by atoms with Crippen molar-refractivity contribution in [3.63, 3.8) is 0 Å². The van der Waals surface area contributed by atoms with Crippen LogP contribution in [0.25, 0.3) is 0 Å². The summed E-state index contributed by atoms with van der Waals surface area (Å²) in [7, 11) is -1.01. The van der Waals surface area contributed by atoms with Crippen molar-refractivity contribution in [3.8, 4) is 0 Å². The van der Waals surface area contributed by atoms with E-state index in [-0.39, 0.29) is 8.92 Å². The zero-order valence-corrected chi connectivity index (χ0v) is 13.3. The van der Waals surface area contributed by atoms with Crippen molar-refractivity contribution in [2.24, 2.45) is 0 Å². The standard InChI is InChI=1S/C6H8Cl4SSi2/c7-5(8)12-3-1-2-4(11-3)13-6(9)10/h1-2,5-6H,12-13H2. The zero-order chi connectivity index (χ0) is 9.84. The highest BCUT2D eigenvalue weighted by atomic mass is 35.5. The molecule has 1 aromatic rings. The molecule has 0 nitrogen and oxygen atoms in total. The fraction of sp³-hybridized carbons (Fsp3) is 0.333. The molecular weight excluding hydrogens is 302 g/mol. The molecule has 0 aliphatic rings. The molecule has 0 spiro atoms. The van der Waals surface area contributed by atoms with Crippen LogP contribution in [0.1, 0.15) is 0 Å². The van der Waals surface area contributed by atoms with Crippen LogP contribution in [-0.2, 0) is 0 Å². The molecule has 13 heavy (non-hydrogen) atoms. The third-order valence-corrected chi connectivity index (χ3v) is 7.84. The van der Waals surface area contributed by atoms with Gasteiger partial charge in [0.2, 0.25) is 0 Å². The first-order chi connectivity index (χ1) is 6.08. The lowest BCUT2D eigenvalue weighted by atomic mass is 10.7. The first-order valence-electron chi connectivity index (χ1n) is 3.72. The quantitative estimate of drug-likeness (QED) is 0.572. The van der Waals surface area contributed by atoms with Gasteiger partial charge in [-0.3, -0.25) is 0 Å². The number of rotatable bonds is 4. The summed E-state index contributed by atoms with van der Waals surface area (Å²) in [6, 6.07) is 4.21. The van der Waals surface area contributed by atoms with Crippen LogP contribution in [-0.4, -0.2) is 28.0 Å². The average molecular weight is 310 g/mol. The zero-order valence-electron chi connectivity index (χ0n) is 6.64. The summed E-state index contributed by atoms with van der Waals surface area (Å²) in [6.07, 6.45) is 0. The van der Waals surface area contributed by atoms with Crippen molar-refractivity contribution in [2.75, 3.05) is 0 Å². The number of hydrogen-bond donors (Lipinski definition) is 0. The van der Waals surface area contributed by atoms with Gasteiger partial charge in [0.05, 0.1) is 8.92 Å². The van der Waals surface area contributed by atoms with E-state index in [4.69, 9.17) is 46.4 Å². The van der Waals surface area contributed by atoms with Gasteiger partial charge in [-0.1, -0.05) is 12.1 Å². The van der Waals surface area contributed by atoms with E-state index in [0.29, 0.717) is 0 Å². The summed E-state index contributed by atoms with van der Waals surface area (Å²) in [6.45, 7) is 0. The highest BCUT2D eigenvalue weighted by Gasteiger charge is 2.08. The monoisotopic (exact) mass is 308 g/mol. The molecule has 0 aliphatic carbocycles. The van der Waals surface area contributed by atoms with Crippen molar-refractivity contribution in [1.29, 1.82) is 0 Å². The van der Waals surface area contributed by atoms with Gasteiger partial charge in [-0.25, -0.2) is 0 Å². The number of thiophene rings is 1. The van der Waals surface area contributed by atoms with Crippen molar-refractivity contribution in [1.82, 2.24) is 0 Å². The number of halogens is 4. The molecule has 74 valence electrons. The third-order valence-electron chi connectivity index (χ3n) is 1.43. The summed E-state index contributed by atoms with van der Waals surface area (Å²) < 4.78 is 2.31. The Morgan fingerprint density at radius 1 is 0.923 bits per heavy atom. The predicted molar refractivity (Wildman–Crippen MR) is 71.7 cm³/mol. The Morgan fingerprint density at radius 3 is 1.62 bits per heavy atom. The molecule has 1 aromatic heterocycles. The first kappa shape index (κ1) is 12.4. The molecule has 0 saturated carbocycles. The Balaban J connectivity index is 2.53. The van der Waals surface area contributed by atoms with Crippen molar-refractivity contribution >= 4 is 85.8 Å². The van der Waals surface area contributed by atoms with E-state index in [1.807, 2.05) is 0 Å². The van der Waals surface area contributed by atoms with Gasteiger partial charge in [0, 0.05) is 0 Å². The van der Waals surface area contributed by atoms with Crippen LogP contribution >= 0.6 is 57.7 Å². The molecule has 1 heterocycles. The molecule has 0 aromatic carbocycles. The molecule has 7 heteroatoms. The Kier molecular flexibility index (Phi) is 5.71. The van der Waals surface area contributed by atoms with E-state index in [1.54, 1.807) is 11.3 Å². The van der Waals surface area contributed by atoms with E-state index in [1.165, 1.54) is 9.00 Å². The predicted octanol–water partition coefficient (Wildman–Crippen LogP) is 0.859. The molecule has 0 bridgehead atoms. The minimum Gasteiger partial charge on any atom is -0.156 e. The van der Waals surface area contributed by atoms with Crippen LogP contribution < -0.4 is 9.00 Å². The smallest absolute Gasteiger partial charge is 0.107 e. The summed E-state index contributed by atoms with van der Waals surface area (Å²) in [5.74, 6) is 0. The maximum atomic E-state index is 5.72. The molecule has 0 amide bonds. The van der Waals surface area contributed by atoms with E-state index in [0.717, 1.165) is 0 Å². The second-order valence-corrected chi connectivity index (χ2v) is 13.4. The average Bonchev–Trinajstić information content (AvgIpc) is 2.33. The summed E-state index contributed by atoms with van der Waals surface area (Å²) in [5.41, 5.74) is 0. The van der Waals surface area contributed by atoms with Gasteiger partial charge in [0.15, 0.2) is 0 Å². The van der Waals surface area contributed by atoms with Crippen LogP contribution in [0.3, 0.4) is 0 Å². The lowest BCUT2D eigenvalue weighted by Crippen LogP contribution is -2.19. The summed E-state index contributed by atoms with van der Waals surface area (Å²) >= 11 is 24.7. The summed E-state index contributed by atoms with van der Waals surface area (Å²) in [5, 5.41) is 0. The SMILES string of the molecule is ClC(Cl)[SiH2]c1ccc([SiH2]C(Cl)Cl)s1. The van der Waals surface area contributed by atoms with E-state index in [9.17, 15) is 0 Å². The molecule has 0 unspecified atom stereocenters. The fourth-order valence-corrected chi connectivity index (χ4v) is 9.16. The maximum absolute atomic E-state index is 5.72. The van der Waals surface area contributed by atoms with E-state index < -0.39 is 19.0 Å². The van der Waals surface area contributed by atoms with Crippen molar-refractivity contribution in [2.45, 2.75) is 8.92 Å². The van der Waals surface area contributed by atoms with Gasteiger partial charge in [-0.05, 0) is 9.00 Å². The van der Waals surface area contributed by atoms with Gasteiger partial charge in [0.25, 0.3) is 0 Å². The minimum atomic E-state index is -0.504. The van der Waals surface area contributed by atoms with Crippen LogP contribution in [0.4, 0.5) is 0 Å². The topological polar surface area (TPSA) is 0 Å². The van der Waals surface area contributed by atoms with E-state index in [2.05, 4.69) is 12.1 Å². The molecule has 0 saturated heterocycles. The van der Waals surface area contributed by atoms with Gasteiger partial charge < -0.3 is 0 Å². The minimum absolute atomic E-state index is 0.184. The van der Waals surface area contributed by atoms with Crippen LogP contribution in [0.2, 0.25) is 0 Å². The Labute approximate surface area is 106 Å². The molecular formula is C6H8Cl4SSi2. The van der Waals surface area contributed by atoms with Crippen molar-refractivity contribution < 1.29 is 0 Å². The largest absolute Gasteiger partial charge is 0.156 e. The lowest BCUT2D eigenvalue weighted by Gasteiger charge is -1.96. The highest BCUT2D eigenvalue weighted by molar-refractivity contribution is 7.30. The molecule has 0 aliphatic heterocycles. The fourth-order valence-electron chi connectivity index (χ4n) is 0.946. The normalized spacial score (nSPS) is 13.4. The van der Waals surface area contributed by atoms with E-state index >= 15 is 0 Å². The third kappa shape index (κ3) is 5.07. The molecule has 0 radical (unpaired) electrons. The lowest BCUT2D eigenvalue weighted by molar-refractivity contribution is 1.89. The van der Waals surface area contributed by atoms with Crippen LogP contribution in [0, 0.1) is 0 Å². The molecule has 0 N–H and O–H groups in total. The van der Waals surface area contributed by atoms with Crippen LogP contribution in [0.15, 0.2) is 12.1 Å². The maximum Gasteiger partial charge on any atom is 0.107 e. The number of alkyl halides is 4. The molecule has 1 rings (SSSR count). The Morgan fingerprint density at radius 2 is 1.31 bits per heavy atom. The Hall–Kier alpha value is 1.29. The first-order valence-corrected chi connectivity index (χ1v) is 9.32. The van der Waals surface area contributed by atoms with Gasteiger partial charge >= 0.3 is 0 Å². The highest BCUT2D eigenvalue weighted by Crippen LogP contribution is 2.03.